The summed E-state index contributed by atoms with van der Waals surface area (Å²) in [6.07, 6.45) is 0.667. The molecule has 1 saturated heterocycles. The van der Waals surface area contributed by atoms with Crippen LogP contribution in [0.5, 0.6) is 0 Å². The lowest BCUT2D eigenvalue weighted by atomic mass is 10.1. The summed E-state index contributed by atoms with van der Waals surface area (Å²) in [4.78, 5) is 23.6. The van der Waals surface area contributed by atoms with Gasteiger partial charge in [0, 0.05) is 20.0 Å². The van der Waals surface area contributed by atoms with Gasteiger partial charge < -0.3 is 5.11 Å². The number of hydrazine groups is 1. The molecule has 0 spiro atoms. The zero-order chi connectivity index (χ0) is 11.5. The summed E-state index contributed by atoms with van der Waals surface area (Å²) in [7, 11) is 0. The van der Waals surface area contributed by atoms with E-state index in [0.717, 1.165) is 0 Å². The van der Waals surface area contributed by atoms with Crippen molar-refractivity contribution in [2.45, 2.75) is 25.9 Å². The smallest absolute Gasteiger partial charge is 0.252 e. The normalized spacial score (nSPS) is 26.3. The quantitative estimate of drug-likeness (QED) is 0.495. The maximum Gasteiger partial charge on any atom is 0.252 e. The molecule has 2 amide bonds. The Kier molecular flexibility index (Phi) is 3.65. The zero-order valence-electron chi connectivity index (χ0n) is 9.04. The van der Waals surface area contributed by atoms with Crippen molar-refractivity contribution < 1.29 is 14.7 Å². The molecule has 0 aromatic heterocycles. The second-order valence-corrected chi connectivity index (χ2v) is 4.19. The van der Waals surface area contributed by atoms with Gasteiger partial charge in [-0.3, -0.25) is 25.3 Å². The fourth-order valence-electron chi connectivity index (χ4n) is 1.57. The summed E-state index contributed by atoms with van der Waals surface area (Å²) < 4.78 is 0. The molecule has 3 N–H and O–H groups in total. The van der Waals surface area contributed by atoms with Gasteiger partial charge in [0.15, 0.2) is 0 Å². The van der Waals surface area contributed by atoms with Crippen LogP contribution in [0.2, 0.25) is 0 Å². The van der Waals surface area contributed by atoms with E-state index in [2.05, 4.69) is 10.9 Å². The molecular formula is C9H17N3O3. The average molecular weight is 215 g/mol. The monoisotopic (exact) mass is 215 g/mol. The van der Waals surface area contributed by atoms with Crippen molar-refractivity contribution in [2.75, 3.05) is 19.6 Å². The Labute approximate surface area is 88.6 Å². The van der Waals surface area contributed by atoms with Crippen LogP contribution in [0, 0.1) is 0 Å². The lowest BCUT2D eigenvalue weighted by molar-refractivity contribution is -0.128. The Morgan fingerprint density at radius 2 is 2.13 bits per heavy atom. The second-order valence-electron chi connectivity index (χ2n) is 4.19. The summed E-state index contributed by atoms with van der Waals surface area (Å²) in [6.45, 7) is 4.44. The Balaban J connectivity index is 2.25. The van der Waals surface area contributed by atoms with Gasteiger partial charge in [-0.25, -0.2) is 0 Å². The van der Waals surface area contributed by atoms with Crippen molar-refractivity contribution in [3.8, 4) is 0 Å². The van der Waals surface area contributed by atoms with Crippen molar-refractivity contribution in [1.29, 1.82) is 0 Å². The van der Waals surface area contributed by atoms with Crippen molar-refractivity contribution in [2.24, 2.45) is 0 Å². The van der Waals surface area contributed by atoms with Crippen molar-refractivity contribution in [3.05, 3.63) is 0 Å². The molecule has 6 heteroatoms. The average Bonchev–Trinajstić information content (AvgIpc) is 2.42. The standard InChI is InChI=1S/C9H17N3O3/c1-7(13)10-11-8(14)5-12-4-3-9(2,15)6-12/h15H,3-6H2,1-2H3,(H,10,13)(H,11,14). The van der Waals surface area contributed by atoms with E-state index in [1.165, 1.54) is 6.92 Å². The van der Waals surface area contributed by atoms with Crippen LogP contribution in [0.3, 0.4) is 0 Å². The van der Waals surface area contributed by atoms with E-state index < -0.39 is 5.60 Å². The van der Waals surface area contributed by atoms with Crippen LogP contribution in [-0.4, -0.2) is 47.1 Å². The Morgan fingerprint density at radius 1 is 1.47 bits per heavy atom. The van der Waals surface area contributed by atoms with Crippen molar-refractivity contribution >= 4 is 11.8 Å². The van der Waals surface area contributed by atoms with Gasteiger partial charge in [-0.05, 0) is 13.3 Å². The predicted molar refractivity (Wildman–Crippen MR) is 53.6 cm³/mol. The number of amides is 2. The third-order valence-corrected chi connectivity index (χ3v) is 2.28. The number of β-amino-alcohol motifs (C(OH)–C–C–N with tert-alkyl or cyclic N) is 1. The van der Waals surface area contributed by atoms with Gasteiger partial charge in [0.25, 0.3) is 5.91 Å². The van der Waals surface area contributed by atoms with Crippen LogP contribution >= 0.6 is 0 Å². The second kappa shape index (κ2) is 4.59. The first-order valence-electron chi connectivity index (χ1n) is 4.89. The molecule has 0 saturated carbocycles. The summed E-state index contributed by atoms with van der Waals surface area (Å²) >= 11 is 0. The van der Waals surface area contributed by atoms with E-state index in [4.69, 9.17) is 0 Å². The molecule has 15 heavy (non-hydrogen) atoms. The van der Waals surface area contributed by atoms with E-state index in [9.17, 15) is 14.7 Å². The van der Waals surface area contributed by atoms with Crippen LogP contribution in [0.15, 0.2) is 0 Å². The Hall–Kier alpha value is -1.14. The molecule has 0 bridgehead atoms. The minimum atomic E-state index is -0.700. The highest BCUT2D eigenvalue weighted by Gasteiger charge is 2.31. The highest BCUT2D eigenvalue weighted by Crippen LogP contribution is 2.19. The van der Waals surface area contributed by atoms with Gasteiger partial charge >= 0.3 is 0 Å². The molecule has 0 aromatic carbocycles. The van der Waals surface area contributed by atoms with Crippen LogP contribution in [-0.2, 0) is 9.59 Å². The number of aliphatic hydroxyl groups is 1. The predicted octanol–water partition coefficient (Wildman–Crippen LogP) is -1.39. The molecule has 86 valence electrons. The molecule has 0 radical (unpaired) electrons. The SMILES string of the molecule is CC(=O)NNC(=O)CN1CCC(C)(O)C1. The molecule has 1 aliphatic rings. The summed E-state index contributed by atoms with van der Waals surface area (Å²) in [5.41, 5.74) is 3.79. The van der Waals surface area contributed by atoms with E-state index in [1.807, 2.05) is 4.90 Å². The zero-order valence-corrected chi connectivity index (χ0v) is 9.04. The number of rotatable bonds is 2. The van der Waals surface area contributed by atoms with E-state index in [1.54, 1.807) is 6.92 Å². The van der Waals surface area contributed by atoms with Crippen LogP contribution in [0.4, 0.5) is 0 Å². The first-order chi connectivity index (χ1) is 6.89. The number of carbonyl (C=O) groups excluding carboxylic acids is 2. The highest BCUT2D eigenvalue weighted by molar-refractivity contribution is 5.81. The molecule has 1 aliphatic heterocycles. The first kappa shape index (κ1) is 11.9. The summed E-state index contributed by atoms with van der Waals surface area (Å²) in [6, 6.07) is 0. The largest absolute Gasteiger partial charge is 0.389 e. The molecule has 0 aromatic rings. The molecular weight excluding hydrogens is 198 g/mol. The van der Waals surface area contributed by atoms with E-state index >= 15 is 0 Å². The minimum Gasteiger partial charge on any atom is -0.389 e. The molecule has 6 nitrogen and oxygen atoms in total. The minimum absolute atomic E-state index is 0.191. The Morgan fingerprint density at radius 3 is 2.60 bits per heavy atom. The van der Waals surface area contributed by atoms with Crippen molar-refractivity contribution in [1.82, 2.24) is 15.8 Å². The van der Waals surface area contributed by atoms with Crippen molar-refractivity contribution in [3.63, 3.8) is 0 Å². The lowest BCUT2D eigenvalue weighted by Gasteiger charge is -2.18. The molecule has 1 unspecified atom stereocenters. The molecule has 1 fully saturated rings. The van der Waals surface area contributed by atoms with Crippen LogP contribution in [0.25, 0.3) is 0 Å². The molecule has 1 heterocycles. The highest BCUT2D eigenvalue weighted by atomic mass is 16.3. The van der Waals surface area contributed by atoms with E-state index in [0.29, 0.717) is 19.5 Å². The third-order valence-electron chi connectivity index (χ3n) is 2.28. The van der Waals surface area contributed by atoms with Gasteiger partial charge in [0.05, 0.1) is 12.1 Å². The topological polar surface area (TPSA) is 81.7 Å². The van der Waals surface area contributed by atoms with Crippen LogP contribution < -0.4 is 10.9 Å². The fraction of sp³-hybridized carbons (Fsp3) is 0.778. The number of likely N-dealkylation sites (tertiary alicyclic amines) is 1. The van der Waals surface area contributed by atoms with Gasteiger partial charge in [-0.2, -0.15) is 0 Å². The first-order valence-corrected chi connectivity index (χ1v) is 4.89. The molecule has 0 aliphatic carbocycles. The van der Waals surface area contributed by atoms with Crippen LogP contribution in [0.1, 0.15) is 20.3 Å². The third kappa shape index (κ3) is 4.26. The van der Waals surface area contributed by atoms with Gasteiger partial charge in [0.2, 0.25) is 5.91 Å². The summed E-state index contributed by atoms with van der Waals surface area (Å²) in [5, 5.41) is 9.65. The Bertz CT molecular complexity index is 265. The lowest BCUT2D eigenvalue weighted by Crippen LogP contribution is -2.45. The number of hydrogen-bond donors (Lipinski definition) is 3. The summed E-state index contributed by atoms with van der Waals surface area (Å²) in [5.74, 6) is -0.584. The van der Waals surface area contributed by atoms with Gasteiger partial charge in [-0.15, -0.1) is 0 Å². The maximum atomic E-state index is 11.3. The maximum absolute atomic E-state index is 11.3. The number of carbonyl (C=O) groups is 2. The van der Waals surface area contributed by atoms with Gasteiger partial charge in [0.1, 0.15) is 0 Å². The van der Waals surface area contributed by atoms with Gasteiger partial charge in [-0.1, -0.05) is 0 Å². The number of hydrogen-bond acceptors (Lipinski definition) is 4. The molecule has 1 rings (SSSR count). The number of nitrogens with one attached hydrogen (secondary N) is 2. The number of nitrogens with zero attached hydrogens (tertiary/aromatic N) is 1. The molecule has 1 atom stereocenters. The van der Waals surface area contributed by atoms with E-state index in [-0.39, 0.29) is 18.4 Å². The fourth-order valence-corrected chi connectivity index (χ4v) is 1.57.